The number of hydrogen-bond acceptors (Lipinski definition) is 3. The third kappa shape index (κ3) is 3.47. The number of nitrogens with zero attached hydrogens (tertiary/aromatic N) is 1. The smallest absolute Gasteiger partial charge is 0.0535 e. The van der Waals surface area contributed by atoms with Crippen LogP contribution in [0.15, 0.2) is 30.3 Å². The van der Waals surface area contributed by atoms with Crippen molar-refractivity contribution in [1.82, 2.24) is 10.2 Å². The minimum atomic E-state index is 0.0802. The van der Waals surface area contributed by atoms with Crippen molar-refractivity contribution in [1.29, 1.82) is 0 Å². The van der Waals surface area contributed by atoms with Crippen molar-refractivity contribution in [3.8, 4) is 0 Å². The molecule has 3 nitrogen and oxygen atoms in total. The first-order valence-corrected chi connectivity index (χ1v) is 8.18. The van der Waals surface area contributed by atoms with E-state index in [0.717, 1.165) is 26.2 Å². The van der Waals surface area contributed by atoms with Crippen LogP contribution in [0.5, 0.6) is 0 Å². The molecule has 1 N–H and O–H groups in total. The van der Waals surface area contributed by atoms with E-state index in [2.05, 4.69) is 47.5 Å². The topological polar surface area (TPSA) is 24.5 Å². The summed E-state index contributed by atoms with van der Waals surface area (Å²) in [5.41, 5.74) is 2.03. The minimum Gasteiger partial charge on any atom is -0.385 e. The zero-order valence-corrected chi connectivity index (χ0v) is 13.4. The number of methoxy groups -OCH3 is 1. The van der Waals surface area contributed by atoms with Crippen LogP contribution in [0.25, 0.3) is 0 Å². The van der Waals surface area contributed by atoms with Crippen LogP contribution in [0.3, 0.4) is 0 Å². The molecular formula is C18H28N2O. The summed E-state index contributed by atoms with van der Waals surface area (Å²) in [4.78, 5) is 2.66. The first-order chi connectivity index (χ1) is 10.2. The van der Waals surface area contributed by atoms with Crippen molar-refractivity contribution in [2.24, 2.45) is 5.41 Å². The number of nitrogens with one attached hydrogen (secondary N) is 1. The van der Waals surface area contributed by atoms with Crippen molar-refractivity contribution < 1.29 is 4.74 Å². The molecule has 1 saturated heterocycles. The summed E-state index contributed by atoms with van der Waals surface area (Å²) >= 11 is 0. The molecule has 3 rings (SSSR count). The fourth-order valence-corrected chi connectivity index (χ4v) is 3.66. The fourth-order valence-electron chi connectivity index (χ4n) is 3.66. The molecule has 2 fully saturated rings. The van der Waals surface area contributed by atoms with Gasteiger partial charge < -0.3 is 10.1 Å². The van der Waals surface area contributed by atoms with E-state index in [1.807, 2.05) is 7.11 Å². The quantitative estimate of drug-likeness (QED) is 0.871. The first kappa shape index (κ1) is 15.0. The van der Waals surface area contributed by atoms with Gasteiger partial charge in [0.1, 0.15) is 0 Å². The lowest BCUT2D eigenvalue weighted by molar-refractivity contribution is 0.102. The van der Waals surface area contributed by atoms with Crippen LogP contribution in [0.1, 0.15) is 31.7 Å². The summed E-state index contributed by atoms with van der Waals surface area (Å²) in [6.07, 6.45) is 3.97. The molecule has 1 heterocycles. The Labute approximate surface area is 128 Å². The Morgan fingerprint density at radius 3 is 2.67 bits per heavy atom. The van der Waals surface area contributed by atoms with Gasteiger partial charge in [0.05, 0.1) is 5.54 Å². The second kappa shape index (κ2) is 6.07. The zero-order valence-electron chi connectivity index (χ0n) is 13.4. The van der Waals surface area contributed by atoms with Crippen molar-refractivity contribution in [3.05, 3.63) is 35.9 Å². The summed E-state index contributed by atoms with van der Waals surface area (Å²) in [5, 5.41) is 3.72. The van der Waals surface area contributed by atoms with Crippen molar-refractivity contribution in [3.63, 3.8) is 0 Å². The normalized spacial score (nSPS) is 28.5. The van der Waals surface area contributed by atoms with Crippen molar-refractivity contribution >= 4 is 0 Å². The predicted octanol–water partition coefficient (Wildman–Crippen LogP) is 2.62. The highest BCUT2D eigenvalue weighted by atomic mass is 16.5. The highest BCUT2D eigenvalue weighted by Gasteiger charge is 2.44. The average Bonchev–Trinajstić information content (AvgIpc) is 3.26. The highest BCUT2D eigenvalue weighted by Crippen LogP contribution is 2.49. The SMILES string of the molecule is COCCC1(CN2CCNC(C)(c3ccccc3)C2)CC1. The number of hydrogen-bond donors (Lipinski definition) is 1. The number of benzene rings is 1. The molecule has 0 aromatic heterocycles. The Kier molecular flexibility index (Phi) is 4.34. The molecule has 2 aliphatic rings. The third-order valence-electron chi connectivity index (χ3n) is 5.25. The lowest BCUT2D eigenvalue weighted by Crippen LogP contribution is -2.57. The van der Waals surface area contributed by atoms with Crippen molar-refractivity contribution in [2.45, 2.75) is 31.7 Å². The molecule has 1 saturated carbocycles. The maximum atomic E-state index is 5.29. The Morgan fingerprint density at radius 1 is 1.24 bits per heavy atom. The standard InChI is InChI=1S/C18H28N2O/c1-17(16-6-4-3-5-7-16)14-20(12-11-19-17)15-18(8-9-18)10-13-21-2/h3-7,19H,8-15H2,1-2H3. The van der Waals surface area contributed by atoms with E-state index >= 15 is 0 Å². The third-order valence-corrected chi connectivity index (χ3v) is 5.25. The molecule has 1 unspecified atom stereocenters. The summed E-state index contributed by atoms with van der Waals surface area (Å²) < 4.78 is 5.29. The molecule has 0 bridgehead atoms. The van der Waals surface area contributed by atoms with Crippen LogP contribution in [0.2, 0.25) is 0 Å². The second-order valence-corrected chi connectivity index (χ2v) is 7.08. The molecule has 21 heavy (non-hydrogen) atoms. The van der Waals surface area contributed by atoms with Gasteiger partial charge in [0.2, 0.25) is 0 Å². The molecule has 116 valence electrons. The Hall–Kier alpha value is -0.900. The first-order valence-electron chi connectivity index (χ1n) is 8.18. The van der Waals surface area contributed by atoms with Gasteiger partial charge in [-0.25, -0.2) is 0 Å². The number of rotatable bonds is 6. The molecule has 1 aromatic rings. The Bertz CT molecular complexity index is 458. The van der Waals surface area contributed by atoms with Gasteiger partial charge in [0.15, 0.2) is 0 Å². The van der Waals surface area contributed by atoms with Gasteiger partial charge in [-0.15, -0.1) is 0 Å². The lowest BCUT2D eigenvalue weighted by Gasteiger charge is -2.43. The number of piperazine rings is 1. The van der Waals surface area contributed by atoms with Crippen LogP contribution >= 0.6 is 0 Å². The Balaban J connectivity index is 1.63. The van der Waals surface area contributed by atoms with Gasteiger partial charge in [0, 0.05) is 39.9 Å². The number of ether oxygens (including phenoxy) is 1. The largest absolute Gasteiger partial charge is 0.385 e. The van der Waals surface area contributed by atoms with Crippen LogP contribution in [-0.2, 0) is 10.3 Å². The molecule has 1 aliphatic carbocycles. The average molecular weight is 288 g/mol. The van der Waals surface area contributed by atoms with E-state index in [1.165, 1.54) is 31.4 Å². The van der Waals surface area contributed by atoms with Gasteiger partial charge in [0.25, 0.3) is 0 Å². The maximum absolute atomic E-state index is 5.29. The molecule has 0 amide bonds. The molecule has 3 heteroatoms. The van der Waals surface area contributed by atoms with E-state index < -0.39 is 0 Å². The summed E-state index contributed by atoms with van der Waals surface area (Å²) in [6, 6.07) is 10.9. The summed E-state index contributed by atoms with van der Waals surface area (Å²) in [5.74, 6) is 0. The van der Waals surface area contributed by atoms with Gasteiger partial charge >= 0.3 is 0 Å². The van der Waals surface area contributed by atoms with Gasteiger partial charge in [-0.3, -0.25) is 4.90 Å². The molecular weight excluding hydrogens is 260 g/mol. The van der Waals surface area contributed by atoms with Crippen LogP contribution in [0.4, 0.5) is 0 Å². The van der Waals surface area contributed by atoms with E-state index in [0.29, 0.717) is 5.41 Å². The van der Waals surface area contributed by atoms with Crippen LogP contribution in [0, 0.1) is 5.41 Å². The minimum absolute atomic E-state index is 0.0802. The highest BCUT2D eigenvalue weighted by molar-refractivity contribution is 5.25. The van der Waals surface area contributed by atoms with E-state index in [9.17, 15) is 0 Å². The molecule has 1 atom stereocenters. The molecule has 1 aliphatic heterocycles. The molecule has 1 aromatic carbocycles. The molecule has 0 spiro atoms. The monoisotopic (exact) mass is 288 g/mol. The van der Waals surface area contributed by atoms with Gasteiger partial charge in [-0.1, -0.05) is 30.3 Å². The fraction of sp³-hybridized carbons (Fsp3) is 0.667. The van der Waals surface area contributed by atoms with Crippen LogP contribution < -0.4 is 5.32 Å². The zero-order chi connectivity index (χ0) is 14.8. The van der Waals surface area contributed by atoms with Gasteiger partial charge in [-0.2, -0.15) is 0 Å². The van der Waals surface area contributed by atoms with E-state index in [-0.39, 0.29) is 5.54 Å². The lowest BCUT2D eigenvalue weighted by atomic mass is 9.89. The van der Waals surface area contributed by atoms with Crippen molar-refractivity contribution in [2.75, 3.05) is 39.9 Å². The Morgan fingerprint density at radius 2 is 2.00 bits per heavy atom. The van der Waals surface area contributed by atoms with Crippen LogP contribution in [-0.4, -0.2) is 44.8 Å². The predicted molar refractivity (Wildman–Crippen MR) is 86.4 cm³/mol. The summed E-state index contributed by atoms with van der Waals surface area (Å²) in [6.45, 7) is 7.82. The van der Waals surface area contributed by atoms with E-state index in [4.69, 9.17) is 4.74 Å². The summed E-state index contributed by atoms with van der Waals surface area (Å²) in [7, 11) is 1.81. The maximum Gasteiger partial charge on any atom is 0.0535 e. The second-order valence-electron chi connectivity index (χ2n) is 7.08. The molecule has 0 radical (unpaired) electrons. The van der Waals surface area contributed by atoms with E-state index in [1.54, 1.807) is 0 Å². The van der Waals surface area contributed by atoms with Gasteiger partial charge in [-0.05, 0) is 37.2 Å².